The molecular weight excluding hydrogens is 404 g/mol. The van der Waals surface area contributed by atoms with Crippen molar-refractivity contribution < 1.29 is 9.53 Å². The summed E-state index contributed by atoms with van der Waals surface area (Å²) >= 11 is 0. The van der Waals surface area contributed by atoms with Crippen molar-refractivity contribution >= 4 is 23.0 Å². The van der Waals surface area contributed by atoms with Gasteiger partial charge in [-0.2, -0.15) is 5.10 Å². The highest BCUT2D eigenvalue weighted by atomic mass is 16.5. The lowest BCUT2D eigenvalue weighted by Gasteiger charge is -2.30. The molecule has 5 rings (SSSR count). The number of benzene rings is 1. The SMILES string of the molecule is Cn1cc(-c2cnc3cccc(C(=N)C4=C(NC5CCOC5)CCN(C=O)C4)c3c2)cn1. The van der Waals surface area contributed by atoms with Crippen molar-refractivity contribution in [3.63, 3.8) is 0 Å². The Hall–Kier alpha value is -3.52. The van der Waals surface area contributed by atoms with Gasteiger partial charge in [-0.15, -0.1) is 0 Å². The number of hydrogen-bond donors (Lipinski definition) is 2. The summed E-state index contributed by atoms with van der Waals surface area (Å²) in [5, 5.41) is 17.9. The Kier molecular flexibility index (Phi) is 5.45. The predicted molar refractivity (Wildman–Crippen MR) is 122 cm³/mol. The number of carbonyl (C=O) groups is 1. The van der Waals surface area contributed by atoms with E-state index in [1.54, 1.807) is 9.58 Å². The highest BCUT2D eigenvalue weighted by Gasteiger charge is 2.26. The molecule has 4 heterocycles. The highest BCUT2D eigenvalue weighted by Crippen LogP contribution is 2.28. The van der Waals surface area contributed by atoms with E-state index in [2.05, 4.69) is 21.5 Å². The molecule has 1 fully saturated rings. The summed E-state index contributed by atoms with van der Waals surface area (Å²) in [6, 6.07) is 8.18. The summed E-state index contributed by atoms with van der Waals surface area (Å²) in [6.07, 6.45) is 8.13. The Labute approximate surface area is 186 Å². The second-order valence-corrected chi connectivity index (χ2v) is 8.36. The molecule has 1 aromatic carbocycles. The van der Waals surface area contributed by atoms with Crippen molar-refractivity contribution in [3.05, 3.63) is 59.7 Å². The van der Waals surface area contributed by atoms with Gasteiger partial charge in [0.25, 0.3) is 0 Å². The van der Waals surface area contributed by atoms with Gasteiger partial charge < -0.3 is 15.0 Å². The molecule has 32 heavy (non-hydrogen) atoms. The number of carbonyl (C=O) groups excluding carboxylic acids is 1. The minimum atomic E-state index is 0.252. The summed E-state index contributed by atoms with van der Waals surface area (Å²) in [6.45, 7) is 2.50. The molecule has 2 aromatic heterocycles. The van der Waals surface area contributed by atoms with E-state index in [0.29, 0.717) is 31.8 Å². The molecule has 164 valence electrons. The Balaban J connectivity index is 1.56. The third-order valence-corrected chi connectivity index (χ3v) is 6.17. The average molecular weight is 431 g/mol. The van der Waals surface area contributed by atoms with Crippen molar-refractivity contribution in [3.8, 4) is 11.1 Å². The second-order valence-electron chi connectivity index (χ2n) is 8.36. The van der Waals surface area contributed by atoms with Crippen molar-refractivity contribution in [1.82, 2.24) is 25.0 Å². The molecule has 0 saturated carbocycles. The summed E-state index contributed by atoms with van der Waals surface area (Å²) in [7, 11) is 1.89. The van der Waals surface area contributed by atoms with Gasteiger partial charge in [-0.05, 0) is 18.6 Å². The Bertz CT molecular complexity index is 1210. The predicted octanol–water partition coefficient (Wildman–Crippen LogP) is 2.50. The van der Waals surface area contributed by atoms with Crippen molar-refractivity contribution in [2.45, 2.75) is 18.9 Å². The second kappa shape index (κ2) is 8.55. The van der Waals surface area contributed by atoms with Gasteiger partial charge in [0, 0.05) is 78.9 Å². The molecule has 2 aliphatic heterocycles. The van der Waals surface area contributed by atoms with Crippen LogP contribution in [-0.4, -0.2) is 64.1 Å². The van der Waals surface area contributed by atoms with E-state index < -0.39 is 0 Å². The molecule has 3 aromatic rings. The molecule has 1 unspecified atom stereocenters. The standard InChI is InChI=1S/C24H26N6O2/c1-29-12-17(11-27-29)16-9-20-19(3-2-4-22(20)26-10-16)24(25)21-13-30(15-31)7-5-23(21)28-18-6-8-32-14-18/h2-4,9-12,15,18,25,28H,5-8,13-14H2,1H3. The van der Waals surface area contributed by atoms with Crippen molar-refractivity contribution in [2.75, 3.05) is 26.3 Å². The minimum absolute atomic E-state index is 0.252. The van der Waals surface area contributed by atoms with Gasteiger partial charge in [-0.25, -0.2) is 0 Å². The first-order valence-electron chi connectivity index (χ1n) is 10.8. The van der Waals surface area contributed by atoms with Crippen molar-refractivity contribution in [2.24, 2.45) is 7.05 Å². The normalized spacial score (nSPS) is 18.9. The molecule has 2 aliphatic rings. The summed E-state index contributed by atoms with van der Waals surface area (Å²) in [5.41, 5.74) is 5.91. The van der Waals surface area contributed by atoms with E-state index in [1.165, 1.54) is 0 Å². The van der Waals surface area contributed by atoms with Gasteiger partial charge in [0.05, 0.1) is 30.1 Å². The van der Waals surface area contributed by atoms with Gasteiger partial charge >= 0.3 is 0 Å². The number of hydrogen-bond acceptors (Lipinski definition) is 6. The van der Waals surface area contributed by atoms with Crippen LogP contribution in [0.5, 0.6) is 0 Å². The van der Waals surface area contributed by atoms with E-state index in [0.717, 1.165) is 58.3 Å². The van der Waals surface area contributed by atoms with E-state index in [9.17, 15) is 4.79 Å². The van der Waals surface area contributed by atoms with E-state index >= 15 is 0 Å². The maximum atomic E-state index is 11.5. The largest absolute Gasteiger partial charge is 0.383 e. The Morgan fingerprint density at radius 3 is 2.97 bits per heavy atom. The van der Waals surface area contributed by atoms with Crippen LogP contribution in [0.3, 0.4) is 0 Å². The first-order chi connectivity index (χ1) is 15.6. The fraction of sp³-hybridized carbons (Fsp3) is 0.333. The molecule has 2 N–H and O–H groups in total. The quantitative estimate of drug-likeness (QED) is 0.463. The van der Waals surface area contributed by atoms with Crippen LogP contribution in [0.1, 0.15) is 18.4 Å². The summed E-state index contributed by atoms with van der Waals surface area (Å²) in [4.78, 5) is 17.9. The van der Waals surface area contributed by atoms with E-state index in [1.807, 2.05) is 43.8 Å². The molecule has 8 heteroatoms. The van der Waals surface area contributed by atoms with Gasteiger partial charge in [-0.1, -0.05) is 12.1 Å². The van der Waals surface area contributed by atoms with Crippen LogP contribution in [0.15, 0.2) is 54.1 Å². The number of pyridine rings is 1. The number of amides is 1. The lowest BCUT2D eigenvalue weighted by molar-refractivity contribution is -0.117. The van der Waals surface area contributed by atoms with Crippen molar-refractivity contribution in [1.29, 1.82) is 5.41 Å². The molecule has 1 atom stereocenters. The molecule has 1 amide bonds. The number of aryl methyl sites for hydroxylation is 1. The van der Waals surface area contributed by atoms with Crippen LogP contribution in [-0.2, 0) is 16.6 Å². The maximum absolute atomic E-state index is 11.5. The van der Waals surface area contributed by atoms with E-state index in [-0.39, 0.29) is 6.04 Å². The zero-order valence-corrected chi connectivity index (χ0v) is 18.0. The zero-order valence-electron chi connectivity index (χ0n) is 18.0. The fourth-order valence-electron chi connectivity index (χ4n) is 4.42. The number of fused-ring (bicyclic) bond motifs is 1. The van der Waals surface area contributed by atoms with Crippen LogP contribution in [0.2, 0.25) is 0 Å². The van der Waals surface area contributed by atoms with Gasteiger partial charge in [0.15, 0.2) is 0 Å². The number of nitrogens with one attached hydrogen (secondary N) is 2. The van der Waals surface area contributed by atoms with Crippen LogP contribution in [0.25, 0.3) is 22.0 Å². The molecule has 0 aliphatic carbocycles. The highest BCUT2D eigenvalue weighted by molar-refractivity contribution is 6.18. The number of rotatable bonds is 6. The first kappa shape index (κ1) is 20.4. The molecule has 0 spiro atoms. The lowest BCUT2D eigenvalue weighted by Crippen LogP contribution is -2.39. The zero-order chi connectivity index (χ0) is 22.1. The van der Waals surface area contributed by atoms with Crippen LogP contribution >= 0.6 is 0 Å². The topological polar surface area (TPSA) is 96.1 Å². The summed E-state index contributed by atoms with van der Waals surface area (Å²) in [5.74, 6) is 0. The molecule has 0 bridgehead atoms. The van der Waals surface area contributed by atoms with Crippen LogP contribution < -0.4 is 5.32 Å². The molecule has 0 radical (unpaired) electrons. The minimum Gasteiger partial charge on any atom is -0.383 e. The third-order valence-electron chi connectivity index (χ3n) is 6.17. The lowest BCUT2D eigenvalue weighted by atomic mass is 9.93. The monoisotopic (exact) mass is 430 g/mol. The van der Waals surface area contributed by atoms with Gasteiger partial charge in [-0.3, -0.25) is 19.9 Å². The van der Waals surface area contributed by atoms with Crippen LogP contribution in [0.4, 0.5) is 0 Å². The molecule has 1 saturated heterocycles. The number of ether oxygens (including phenoxy) is 1. The first-order valence-corrected chi connectivity index (χ1v) is 10.8. The fourth-order valence-corrected chi connectivity index (χ4v) is 4.42. The Morgan fingerprint density at radius 2 is 2.22 bits per heavy atom. The number of nitrogens with zero attached hydrogens (tertiary/aromatic N) is 4. The van der Waals surface area contributed by atoms with Gasteiger partial charge in [0.2, 0.25) is 6.41 Å². The maximum Gasteiger partial charge on any atom is 0.210 e. The third kappa shape index (κ3) is 3.89. The molecule has 8 nitrogen and oxygen atoms in total. The summed E-state index contributed by atoms with van der Waals surface area (Å²) < 4.78 is 7.28. The van der Waals surface area contributed by atoms with Crippen LogP contribution in [0, 0.1) is 5.41 Å². The molecular formula is C24H26N6O2. The average Bonchev–Trinajstić information content (AvgIpc) is 3.50. The number of aromatic nitrogens is 3. The van der Waals surface area contributed by atoms with E-state index in [4.69, 9.17) is 10.1 Å². The smallest absolute Gasteiger partial charge is 0.210 e. The van der Waals surface area contributed by atoms with Gasteiger partial charge in [0.1, 0.15) is 0 Å². The Morgan fingerprint density at radius 1 is 1.31 bits per heavy atom.